The summed E-state index contributed by atoms with van der Waals surface area (Å²) in [6.45, 7) is 1.61. The van der Waals surface area contributed by atoms with E-state index in [0.29, 0.717) is 0 Å². The minimum Gasteiger partial charge on any atom is -0.409 e. The Balaban J connectivity index is 2.04. The smallest absolute Gasteiger partial charge is 0.318 e. The van der Waals surface area contributed by atoms with Crippen LogP contribution in [0.1, 0.15) is 57.8 Å². The van der Waals surface area contributed by atoms with Gasteiger partial charge in [-0.2, -0.15) is 0 Å². The van der Waals surface area contributed by atoms with Gasteiger partial charge in [0.15, 0.2) is 5.84 Å². The fraction of sp³-hybridized carbons (Fsp3) is 0.857. The van der Waals surface area contributed by atoms with E-state index in [1.807, 2.05) is 4.90 Å². The first-order chi connectivity index (χ1) is 9.68. The second-order valence-electron chi connectivity index (χ2n) is 5.96. The zero-order valence-corrected chi connectivity index (χ0v) is 12.1. The molecule has 114 valence electrons. The first-order valence-electron chi connectivity index (χ1n) is 7.73. The van der Waals surface area contributed by atoms with Crippen LogP contribution in [0, 0.1) is 0 Å². The number of likely N-dealkylation sites (tertiary alicyclic amines) is 1. The lowest BCUT2D eigenvalue weighted by Gasteiger charge is -2.38. The van der Waals surface area contributed by atoms with Crippen molar-refractivity contribution in [2.24, 2.45) is 10.9 Å². The van der Waals surface area contributed by atoms with Crippen molar-refractivity contribution >= 4 is 11.9 Å². The summed E-state index contributed by atoms with van der Waals surface area (Å²) in [5.41, 5.74) is 5.20. The summed E-state index contributed by atoms with van der Waals surface area (Å²) in [6, 6.07) is -0.0691. The lowest BCUT2D eigenvalue weighted by molar-refractivity contribution is 0.183. The van der Waals surface area contributed by atoms with Gasteiger partial charge in [0.2, 0.25) is 0 Å². The van der Waals surface area contributed by atoms with E-state index < -0.39 is 5.54 Å². The topological polar surface area (TPSA) is 91.0 Å². The molecule has 0 aromatic carbocycles. The molecule has 6 heteroatoms. The summed E-state index contributed by atoms with van der Waals surface area (Å²) in [6.07, 6.45) is 9.14. The van der Waals surface area contributed by atoms with Crippen molar-refractivity contribution < 1.29 is 10.0 Å². The number of rotatable bonds is 2. The first-order valence-corrected chi connectivity index (χ1v) is 7.73. The van der Waals surface area contributed by atoms with Crippen molar-refractivity contribution in [3.8, 4) is 0 Å². The molecule has 1 aliphatic carbocycles. The monoisotopic (exact) mass is 282 g/mol. The molecule has 6 nitrogen and oxygen atoms in total. The highest BCUT2D eigenvalue weighted by Crippen LogP contribution is 2.29. The number of carbonyl (C=O) groups excluding carboxylic acids is 1. The van der Waals surface area contributed by atoms with Crippen LogP contribution in [0.3, 0.4) is 0 Å². The van der Waals surface area contributed by atoms with Crippen molar-refractivity contribution in [3.05, 3.63) is 0 Å². The second-order valence-corrected chi connectivity index (χ2v) is 5.96. The normalized spacial score (nSPS) is 24.0. The van der Waals surface area contributed by atoms with Gasteiger partial charge in [0.1, 0.15) is 5.54 Å². The van der Waals surface area contributed by atoms with Gasteiger partial charge in [-0.3, -0.25) is 0 Å². The molecule has 0 aromatic heterocycles. The van der Waals surface area contributed by atoms with Crippen LogP contribution in [0.5, 0.6) is 0 Å². The van der Waals surface area contributed by atoms with Gasteiger partial charge in [0, 0.05) is 13.1 Å². The number of carbonyl (C=O) groups is 1. The summed E-state index contributed by atoms with van der Waals surface area (Å²) in [5, 5.41) is 15.2. The van der Waals surface area contributed by atoms with Crippen LogP contribution >= 0.6 is 0 Å². The van der Waals surface area contributed by atoms with E-state index in [2.05, 4.69) is 10.5 Å². The number of amides is 2. The fourth-order valence-corrected chi connectivity index (χ4v) is 3.25. The van der Waals surface area contributed by atoms with Crippen molar-refractivity contribution in [2.75, 3.05) is 13.1 Å². The van der Waals surface area contributed by atoms with Gasteiger partial charge in [-0.15, -0.1) is 0 Å². The number of nitrogens with one attached hydrogen (secondary N) is 1. The fourth-order valence-electron chi connectivity index (χ4n) is 3.25. The van der Waals surface area contributed by atoms with E-state index in [1.165, 1.54) is 12.8 Å². The Morgan fingerprint density at radius 1 is 1.05 bits per heavy atom. The molecular weight excluding hydrogens is 256 g/mol. The number of nitrogens with two attached hydrogens (primary N) is 1. The SMILES string of the molecule is NC(=NO)C1(NC(=O)N2CCCCCC2)CCCCC1. The second kappa shape index (κ2) is 6.81. The van der Waals surface area contributed by atoms with Gasteiger partial charge >= 0.3 is 6.03 Å². The maximum absolute atomic E-state index is 12.5. The average Bonchev–Trinajstić information content (AvgIpc) is 2.76. The molecule has 1 saturated carbocycles. The summed E-state index contributed by atoms with van der Waals surface area (Å²) in [7, 11) is 0. The van der Waals surface area contributed by atoms with Crippen LogP contribution in [-0.4, -0.2) is 40.6 Å². The molecule has 0 aromatic rings. The highest BCUT2D eigenvalue weighted by Gasteiger charge is 2.39. The Hall–Kier alpha value is -1.46. The molecule has 2 amide bonds. The predicted molar refractivity (Wildman–Crippen MR) is 77.8 cm³/mol. The van der Waals surface area contributed by atoms with E-state index in [9.17, 15) is 4.79 Å². The molecule has 1 aliphatic heterocycles. The minimum atomic E-state index is -0.656. The Morgan fingerprint density at radius 2 is 1.60 bits per heavy atom. The third-order valence-electron chi connectivity index (χ3n) is 4.54. The van der Waals surface area contributed by atoms with Crippen LogP contribution in [0.25, 0.3) is 0 Å². The van der Waals surface area contributed by atoms with Gasteiger partial charge in [-0.25, -0.2) is 4.79 Å². The number of hydrogen-bond donors (Lipinski definition) is 3. The standard InChI is InChI=1S/C14H26N4O2/c15-12(17-20)14(8-4-3-5-9-14)16-13(19)18-10-6-1-2-7-11-18/h20H,1-11H2,(H2,15,17)(H,16,19). The molecule has 0 radical (unpaired) electrons. The Morgan fingerprint density at radius 3 is 2.15 bits per heavy atom. The molecule has 0 bridgehead atoms. The molecule has 2 fully saturated rings. The van der Waals surface area contributed by atoms with Gasteiger partial charge < -0.3 is 21.2 Å². The maximum Gasteiger partial charge on any atom is 0.318 e. The molecule has 1 heterocycles. The molecule has 20 heavy (non-hydrogen) atoms. The summed E-state index contributed by atoms with van der Waals surface area (Å²) < 4.78 is 0. The zero-order valence-electron chi connectivity index (χ0n) is 12.1. The quantitative estimate of drug-likeness (QED) is 0.313. The Labute approximate surface area is 120 Å². The zero-order chi connectivity index (χ0) is 14.4. The van der Waals surface area contributed by atoms with E-state index in [4.69, 9.17) is 10.9 Å². The predicted octanol–water partition coefficient (Wildman–Crippen LogP) is 2.02. The molecule has 2 aliphatic rings. The third kappa shape index (κ3) is 3.35. The number of urea groups is 1. The van der Waals surface area contributed by atoms with Gasteiger partial charge in [-0.05, 0) is 25.7 Å². The number of amidine groups is 1. The molecule has 0 atom stereocenters. The molecule has 2 rings (SSSR count). The van der Waals surface area contributed by atoms with Crippen molar-refractivity contribution in [1.29, 1.82) is 0 Å². The van der Waals surface area contributed by atoms with Crippen molar-refractivity contribution in [1.82, 2.24) is 10.2 Å². The van der Waals surface area contributed by atoms with Crippen LogP contribution in [0.4, 0.5) is 4.79 Å². The summed E-state index contributed by atoms with van der Waals surface area (Å²) >= 11 is 0. The number of oxime groups is 1. The Bertz CT molecular complexity index is 356. The van der Waals surface area contributed by atoms with E-state index in [0.717, 1.165) is 58.0 Å². The van der Waals surface area contributed by atoms with E-state index >= 15 is 0 Å². The summed E-state index contributed by atoms with van der Waals surface area (Å²) in [5.74, 6) is 0.139. The molecule has 0 unspecified atom stereocenters. The Kier molecular flexibility index (Phi) is 5.09. The van der Waals surface area contributed by atoms with Crippen LogP contribution in [-0.2, 0) is 0 Å². The van der Waals surface area contributed by atoms with Crippen LogP contribution < -0.4 is 11.1 Å². The lowest BCUT2D eigenvalue weighted by Crippen LogP contribution is -2.61. The molecule has 4 N–H and O–H groups in total. The number of hydrogen-bond acceptors (Lipinski definition) is 3. The molecule has 0 spiro atoms. The largest absolute Gasteiger partial charge is 0.409 e. The summed E-state index contributed by atoms with van der Waals surface area (Å²) in [4.78, 5) is 14.3. The van der Waals surface area contributed by atoms with Crippen molar-refractivity contribution in [2.45, 2.75) is 63.3 Å². The molecule has 1 saturated heterocycles. The van der Waals surface area contributed by atoms with Crippen LogP contribution in [0.15, 0.2) is 5.16 Å². The van der Waals surface area contributed by atoms with Crippen molar-refractivity contribution in [3.63, 3.8) is 0 Å². The average molecular weight is 282 g/mol. The van der Waals surface area contributed by atoms with Crippen LogP contribution in [0.2, 0.25) is 0 Å². The van der Waals surface area contributed by atoms with E-state index in [1.54, 1.807) is 0 Å². The minimum absolute atomic E-state index is 0.0691. The maximum atomic E-state index is 12.5. The molecular formula is C14H26N4O2. The van der Waals surface area contributed by atoms with Gasteiger partial charge in [0.25, 0.3) is 0 Å². The third-order valence-corrected chi connectivity index (χ3v) is 4.54. The number of nitrogens with zero attached hydrogens (tertiary/aromatic N) is 2. The lowest BCUT2D eigenvalue weighted by atomic mass is 9.81. The van der Waals surface area contributed by atoms with Gasteiger partial charge in [0.05, 0.1) is 0 Å². The highest BCUT2D eigenvalue weighted by atomic mass is 16.4. The highest BCUT2D eigenvalue weighted by molar-refractivity contribution is 5.93. The van der Waals surface area contributed by atoms with E-state index in [-0.39, 0.29) is 11.9 Å². The first kappa shape index (κ1) is 14.9. The van der Waals surface area contributed by atoms with Gasteiger partial charge in [-0.1, -0.05) is 37.3 Å².